The Hall–Kier alpha value is -2.83. The number of rotatable bonds is 3. The Kier molecular flexibility index (Phi) is 3.52. The first-order chi connectivity index (χ1) is 12.0. The highest BCUT2D eigenvalue weighted by Crippen LogP contribution is 2.49. The van der Waals surface area contributed by atoms with Gasteiger partial charge < -0.3 is 14.7 Å². The van der Waals surface area contributed by atoms with Crippen LogP contribution in [-0.2, 0) is 16.1 Å². The number of carbonyl (C=O) groups excluding carboxylic acids is 1. The van der Waals surface area contributed by atoms with E-state index in [0.29, 0.717) is 12.3 Å². The van der Waals surface area contributed by atoms with Gasteiger partial charge in [-0.3, -0.25) is 14.3 Å². The average molecular weight is 341 g/mol. The second-order valence-corrected chi connectivity index (χ2v) is 6.74. The van der Waals surface area contributed by atoms with Gasteiger partial charge in [0.15, 0.2) is 0 Å². The second kappa shape index (κ2) is 5.61. The Labute approximate surface area is 144 Å². The molecule has 0 bridgehead atoms. The third-order valence-corrected chi connectivity index (χ3v) is 5.32. The van der Waals surface area contributed by atoms with Crippen molar-refractivity contribution in [3.8, 4) is 5.75 Å². The number of ether oxygens (including phenoxy) is 1. The first-order valence-electron chi connectivity index (χ1n) is 8.22. The number of hydrogen-bond acceptors (Lipinski definition) is 4. The maximum Gasteiger partial charge on any atom is 0.315 e. The number of fused-ring (bicyclic) bond motifs is 3. The first kappa shape index (κ1) is 15.7. The third-order valence-electron chi connectivity index (χ3n) is 5.32. The van der Waals surface area contributed by atoms with E-state index in [1.54, 1.807) is 15.8 Å². The standard InChI is InChI=1S/C18H19N3O4/c1-12-6-7-19-21(12)9-16(22)20-8-14-13-4-2-3-5-15(13)25-11-18(14,10-20)17(23)24/h2-7,14H,8-11H2,1H3,(H,23,24)/t14-,18-/m1/s1. The summed E-state index contributed by atoms with van der Waals surface area (Å²) in [7, 11) is 0. The van der Waals surface area contributed by atoms with E-state index in [-0.39, 0.29) is 31.5 Å². The number of aryl methyl sites for hydroxylation is 1. The minimum atomic E-state index is -1.09. The van der Waals surface area contributed by atoms with Crippen LogP contribution >= 0.6 is 0 Å². The molecule has 1 amide bonds. The number of carboxylic acids is 1. The molecule has 1 saturated heterocycles. The first-order valence-corrected chi connectivity index (χ1v) is 8.22. The van der Waals surface area contributed by atoms with Crippen molar-refractivity contribution in [3.05, 3.63) is 47.8 Å². The SMILES string of the molecule is Cc1ccnn1CC(=O)N1C[C@@H]2c3ccccc3OC[C@]2(C(=O)O)C1. The molecule has 2 atom stereocenters. The van der Waals surface area contributed by atoms with Gasteiger partial charge in [-0.05, 0) is 19.1 Å². The minimum Gasteiger partial charge on any atom is -0.492 e. The molecule has 2 aromatic rings. The normalized spacial score (nSPS) is 24.4. The molecule has 2 aliphatic rings. The Morgan fingerprint density at radius 1 is 1.36 bits per heavy atom. The van der Waals surface area contributed by atoms with Gasteiger partial charge in [0, 0.05) is 36.5 Å². The van der Waals surface area contributed by atoms with Crippen LogP contribution in [0.4, 0.5) is 0 Å². The quantitative estimate of drug-likeness (QED) is 0.909. The van der Waals surface area contributed by atoms with E-state index in [9.17, 15) is 14.7 Å². The number of carboxylic acid groups (broad SMARTS) is 1. The van der Waals surface area contributed by atoms with Crippen molar-refractivity contribution >= 4 is 11.9 Å². The maximum atomic E-state index is 12.7. The van der Waals surface area contributed by atoms with E-state index in [0.717, 1.165) is 11.3 Å². The fraction of sp³-hybridized carbons (Fsp3) is 0.389. The zero-order valence-electron chi connectivity index (χ0n) is 13.9. The Balaban J connectivity index is 1.63. The molecule has 4 rings (SSSR count). The molecule has 0 spiro atoms. The van der Waals surface area contributed by atoms with Gasteiger partial charge in [-0.15, -0.1) is 0 Å². The zero-order chi connectivity index (χ0) is 17.6. The van der Waals surface area contributed by atoms with Gasteiger partial charge >= 0.3 is 5.97 Å². The highest BCUT2D eigenvalue weighted by Gasteiger charge is 2.57. The van der Waals surface area contributed by atoms with Crippen LogP contribution in [0.25, 0.3) is 0 Å². The van der Waals surface area contributed by atoms with Gasteiger partial charge in [0.25, 0.3) is 0 Å². The molecular weight excluding hydrogens is 322 g/mol. The minimum absolute atomic E-state index is 0.0780. The number of carbonyl (C=O) groups is 2. The number of para-hydroxylation sites is 1. The van der Waals surface area contributed by atoms with Gasteiger partial charge in [-0.25, -0.2) is 0 Å². The molecule has 0 radical (unpaired) electrons. The molecule has 7 nitrogen and oxygen atoms in total. The van der Waals surface area contributed by atoms with Crippen molar-refractivity contribution in [2.24, 2.45) is 5.41 Å². The maximum absolute atomic E-state index is 12.7. The van der Waals surface area contributed by atoms with Crippen molar-refractivity contribution in [1.82, 2.24) is 14.7 Å². The lowest BCUT2D eigenvalue weighted by Crippen LogP contribution is -2.46. The summed E-state index contributed by atoms with van der Waals surface area (Å²) in [6, 6.07) is 9.31. The van der Waals surface area contributed by atoms with Crippen LogP contribution in [0.15, 0.2) is 36.5 Å². The van der Waals surface area contributed by atoms with E-state index in [1.807, 2.05) is 37.3 Å². The van der Waals surface area contributed by atoms with Crippen LogP contribution in [0.2, 0.25) is 0 Å². The summed E-state index contributed by atoms with van der Waals surface area (Å²) in [4.78, 5) is 26.4. The molecule has 0 saturated carbocycles. The van der Waals surface area contributed by atoms with E-state index in [1.165, 1.54) is 0 Å². The molecule has 1 N–H and O–H groups in total. The number of aromatic nitrogens is 2. The Morgan fingerprint density at radius 2 is 2.16 bits per heavy atom. The summed E-state index contributed by atoms with van der Waals surface area (Å²) < 4.78 is 7.35. The van der Waals surface area contributed by atoms with Crippen molar-refractivity contribution in [2.75, 3.05) is 19.7 Å². The number of aliphatic carboxylic acids is 1. The predicted molar refractivity (Wildman–Crippen MR) is 88.3 cm³/mol. The summed E-state index contributed by atoms with van der Waals surface area (Å²) >= 11 is 0. The molecule has 0 aliphatic carbocycles. The lowest BCUT2D eigenvalue weighted by Gasteiger charge is -2.35. The summed E-state index contributed by atoms with van der Waals surface area (Å²) in [5, 5.41) is 14.0. The average Bonchev–Trinajstić information content (AvgIpc) is 3.19. The zero-order valence-corrected chi connectivity index (χ0v) is 13.9. The van der Waals surface area contributed by atoms with Gasteiger partial charge in [0.1, 0.15) is 24.3 Å². The largest absolute Gasteiger partial charge is 0.492 e. The van der Waals surface area contributed by atoms with Crippen LogP contribution in [0.1, 0.15) is 17.2 Å². The molecule has 3 heterocycles. The number of likely N-dealkylation sites (tertiary alicyclic amines) is 1. The fourth-order valence-electron chi connectivity index (χ4n) is 3.82. The highest BCUT2D eigenvalue weighted by atomic mass is 16.5. The monoisotopic (exact) mass is 341 g/mol. The number of amides is 1. The molecule has 1 fully saturated rings. The summed E-state index contributed by atoms with van der Waals surface area (Å²) in [6.45, 7) is 2.61. The van der Waals surface area contributed by atoms with Gasteiger partial charge in [0.2, 0.25) is 5.91 Å². The lowest BCUT2D eigenvalue weighted by atomic mass is 9.73. The lowest BCUT2D eigenvalue weighted by molar-refractivity contribution is -0.152. The van der Waals surface area contributed by atoms with E-state index in [2.05, 4.69) is 5.10 Å². The predicted octanol–water partition coefficient (Wildman–Crippen LogP) is 1.28. The van der Waals surface area contributed by atoms with Gasteiger partial charge in [0.05, 0.1) is 0 Å². The van der Waals surface area contributed by atoms with Gasteiger partial charge in [-0.2, -0.15) is 5.10 Å². The topological polar surface area (TPSA) is 84.7 Å². The molecule has 25 heavy (non-hydrogen) atoms. The summed E-state index contributed by atoms with van der Waals surface area (Å²) in [6.07, 6.45) is 1.65. The van der Waals surface area contributed by atoms with E-state index in [4.69, 9.17) is 4.74 Å². The molecule has 2 aliphatic heterocycles. The van der Waals surface area contributed by atoms with Crippen molar-refractivity contribution < 1.29 is 19.4 Å². The smallest absolute Gasteiger partial charge is 0.315 e. The van der Waals surface area contributed by atoms with Crippen LogP contribution in [0.5, 0.6) is 5.75 Å². The van der Waals surface area contributed by atoms with Crippen molar-refractivity contribution in [3.63, 3.8) is 0 Å². The molecular formula is C18H19N3O4. The number of nitrogens with zero attached hydrogens (tertiary/aromatic N) is 3. The molecule has 1 aromatic carbocycles. The number of hydrogen-bond donors (Lipinski definition) is 1. The molecule has 7 heteroatoms. The second-order valence-electron chi connectivity index (χ2n) is 6.74. The molecule has 130 valence electrons. The van der Waals surface area contributed by atoms with Crippen LogP contribution < -0.4 is 4.74 Å². The summed E-state index contributed by atoms with van der Waals surface area (Å²) in [5.41, 5.74) is 0.664. The molecule has 1 aromatic heterocycles. The molecule has 0 unspecified atom stereocenters. The van der Waals surface area contributed by atoms with Crippen molar-refractivity contribution in [2.45, 2.75) is 19.4 Å². The van der Waals surface area contributed by atoms with E-state index < -0.39 is 11.4 Å². The Morgan fingerprint density at radius 3 is 2.88 bits per heavy atom. The van der Waals surface area contributed by atoms with Crippen LogP contribution in [0, 0.1) is 12.3 Å². The third kappa shape index (κ3) is 2.38. The van der Waals surface area contributed by atoms with E-state index >= 15 is 0 Å². The fourth-order valence-corrected chi connectivity index (χ4v) is 3.82. The highest BCUT2D eigenvalue weighted by molar-refractivity contribution is 5.82. The van der Waals surface area contributed by atoms with Gasteiger partial charge in [-0.1, -0.05) is 18.2 Å². The van der Waals surface area contributed by atoms with Crippen LogP contribution in [-0.4, -0.2) is 51.4 Å². The van der Waals surface area contributed by atoms with Crippen molar-refractivity contribution in [1.29, 1.82) is 0 Å². The van der Waals surface area contributed by atoms with Crippen LogP contribution in [0.3, 0.4) is 0 Å². The number of benzene rings is 1. The Bertz CT molecular complexity index is 846. The summed E-state index contributed by atoms with van der Waals surface area (Å²) in [5.74, 6) is -0.601.